The lowest BCUT2D eigenvalue weighted by Gasteiger charge is -2.12. The molecule has 0 radical (unpaired) electrons. The van der Waals surface area contributed by atoms with Crippen molar-refractivity contribution < 1.29 is 31.8 Å². The van der Waals surface area contributed by atoms with Crippen LogP contribution in [0.4, 0.5) is 0 Å². The Morgan fingerprint density at radius 3 is 2.56 bits per heavy atom. The summed E-state index contributed by atoms with van der Waals surface area (Å²) < 4.78 is 40.3. The zero-order valence-corrected chi connectivity index (χ0v) is 10.0. The lowest BCUT2D eigenvalue weighted by atomic mass is 10.2. The summed E-state index contributed by atoms with van der Waals surface area (Å²) in [6.45, 7) is 0. The van der Waals surface area contributed by atoms with E-state index < -0.39 is 16.4 Å². The molecule has 0 aliphatic carbocycles. The van der Waals surface area contributed by atoms with Crippen LogP contribution in [-0.4, -0.2) is 31.2 Å². The third-order valence-corrected chi connectivity index (χ3v) is 2.18. The molecule has 0 aliphatic heterocycles. The quantitative estimate of drug-likeness (QED) is 0.475. The van der Waals surface area contributed by atoms with Crippen molar-refractivity contribution in [2.24, 2.45) is 0 Å². The highest BCUT2D eigenvalue weighted by atomic mass is 32.3. The van der Waals surface area contributed by atoms with Crippen molar-refractivity contribution in [3.63, 3.8) is 0 Å². The Bertz CT molecular complexity index is 574. The van der Waals surface area contributed by atoms with Crippen LogP contribution in [0, 0.1) is 0 Å². The number of benzene rings is 1. The predicted octanol–water partition coefficient (Wildman–Crippen LogP) is 0.632. The summed E-state index contributed by atoms with van der Waals surface area (Å²) in [7, 11) is -3.64. The minimum Gasteiger partial charge on any atom is -0.716 e. The fourth-order valence-corrected chi connectivity index (χ4v) is 1.49. The average Bonchev–Trinajstić information content (AvgIpc) is 2.25. The number of hydrogen-bond donors (Lipinski definition) is 1. The summed E-state index contributed by atoms with van der Waals surface area (Å²) in [5, 5.41) is 8.45. The zero-order chi connectivity index (χ0) is 13.8. The Kier molecular flexibility index (Phi) is 4.29. The van der Waals surface area contributed by atoms with Gasteiger partial charge in [0.15, 0.2) is 11.5 Å². The molecule has 0 aromatic heterocycles. The summed E-state index contributed by atoms with van der Waals surface area (Å²) in [6, 6.07) is 3.90. The number of ether oxygens (including phenoxy) is 1. The molecule has 0 bridgehead atoms. The number of carboxylic acid groups (broad SMARTS) is 1. The van der Waals surface area contributed by atoms with E-state index in [1.807, 2.05) is 0 Å². The maximum atomic E-state index is 10.4. The fraction of sp³-hybridized carbons (Fsp3) is 0.100. The Morgan fingerprint density at radius 1 is 1.39 bits per heavy atom. The second-order valence-corrected chi connectivity index (χ2v) is 4.06. The normalized spacial score (nSPS) is 11.4. The summed E-state index contributed by atoms with van der Waals surface area (Å²) in [6.07, 6.45) is 2.18. The van der Waals surface area contributed by atoms with Gasteiger partial charge < -0.3 is 18.6 Å². The minimum absolute atomic E-state index is 0.00182. The standard InChI is InChI=1S/C10H10O7S/c1-16-9-6-7(3-5-10(11)12)2-4-8(9)17-18(13,14)15/h2-6H,1H3,(H,11,12)(H,13,14,15)/p-1/b5-3+. The molecule has 0 unspecified atom stereocenters. The van der Waals surface area contributed by atoms with Crippen LogP contribution < -0.4 is 8.92 Å². The first-order valence-corrected chi connectivity index (χ1v) is 5.89. The van der Waals surface area contributed by atoms with Gasteiger partial charge in [-0.1, -0.05) is 6.07 Å². The first-order valence-electron chi connectivity index (χ1n) is 4.56. The molecule has 1 aromatic carbocycles. The van der Waals surface area contributed by atoms with Gasteiger partial charge in [-0.05, 0) is 23.8 Å². The van der Waals surface area contributed by atoms with Crippen LogP contribution in [0.1, 0.15) is 5.56 Å². The minimum atomic E-state index is -4.89. The Hall–Kier alpha value is -2.06. The van der Waals surface area contributed by atoms with Crippen molar-refractivity contribution in [1.82, 2.24) is 0 Å². The molecule has 1 rings (SSSR count). The van der Waals surface area contributed by atoms with Crippen LogP contribution >= 0.6 is 0 Å². The number of aliphatic carboxylic acids is 1. The van der Waals surface area contributed by atoms with Crippen LogP contribution in [-0.2, 0) is 15.2 Å². The molecule has 0 saturated heterocycles. The van der Waals surface area contributed by atoms with Crippen LogP contribution in [0.3, 0.4) is 0 Å². The summed E-state index contributed by atoms with van der Waals surface area (Å²) in [4.78, 5) is 10.3. The highest BCUT2D eigenvalue weighted by Crippen LogP contribution is 2.29. The molecule has 0 saturated carbocycles. The largest absolute Gasteiger partial charge is 0.716 e. The van der Waals surface area contributed by atoms with E-state index in [4.69, 9.17) is 9.84 Å². The molecule has 0 fully saturated rings. The smallest absolute Gasteiger partial charge is 0.328 e. The van der Waals surface area contributed by atoms with Gasteiger partial charge in [-0.2, -0.15) is 0 Å². The maximum absolute atomic E-state index is 10.4. The molecule has 8 heteroatoms. The van der Waals surface area contributed by atoms with Crippen molar-refractivity contribution in [1.29, 1.82) is 0 Å². The molecule has 1 N–H and O–H groups in total. The van der Waals surface area contributed by atoms with E-state index in [0.717, 1.165) is 6.08 Å². The van der Waals surface area contributed by atoms with Crippen molar-refractivity contribution >= 4 is 22.4 Å². The van der Waals surface area contributed by atoms with E-state index >= 15 is 0 Å². The topological polar surface area (TPSA) is 113 Å². The Labute approximate surface area is 103 Å². The highest BCUT2D eigenvalue weighted by Gasteiger charge is 2.08. The van der Waals surface area contributed by atoms with Gasteiger partial charge in [-0.3, -0.25) is 0 Å². The molecular formula is C10H9O7S-. The van der Waals surface area contributed by atoms with E-state index in [2.05, 4.69) is 4.18 Å². The van der Waals surface area contributed by atoms with Gasteiger partial charge in [0, 0.05) is 6.08 Å². The number of carboxylic acids is 1. The molecule has 98 valence electrons. The second-order valence-electron chi connectivity index (χ2n) is 3.07. The van der Waals surface area contributed by atoms with Gasteiger partial charge in [-0.15, -0.1) is 0 Å². The first-order chi connectivity index (χ1) is 8.31. The highest BCUT2D eigenvalue weighted by molar-refractivity contribution is 7.81. The number of hydrogen-bond acceptors (Lipinski definition) is 6. The number of methoxy groups -OCH3 is 1. The number of carbonyl (C=O) groups is 1. The van der Waals surface area contributed by atoms with Gasteiger partial charge in [-0.25, -0.2) is 13.2 Å². The van der Waals surface area contributed by atoms with Gasteiger partial charge in [0.2, 0.25) is 0 Å². The lowest BCUT2D eigenvalue weighted by molar-refractivity contribution is -0.131. The number of rotatable bonds is 5. The molecule has 0 aliphatic rings. The van der Waals surface area contributed by atoms with Crippen LogP contribution in [0.15, 0.2) is 24.3 Å². The van der Waals surface area contributed by atoms with Crippen molar-refractivity contribution in [3.05, 3.63) is 29.8 Å². The van der Waals surface area contributed by atoms with E-state index in [1.54, 1.807) is 0 Å². The van der Waals surface area contributed by atoms with Gasteiger partial charge in [0.25, 0.3) is 10.4 Å². The van der Waals surface area contributed by atoms with Crippen LogP contribution in [0.5, 0.6) is 11.5 Å². The van der Waals surface area contributed by atoms with Crippen molar-refractivity contribution in [2.45, 2.75) is 0 Å². The molecule has 7 nitrogen and oxygen atoms in total. The maximum Gasteiger partial charge on any atom is 0.328 e. The summed E-state index contributed by atoms with van der Waals surface area (Å²) in [5.74, 6) is -1.39. The molecule has 0 spiro atoms. The summed E-state index contributed by atoms with van der Waals surface area (Å²) >= 11 is 0. The van der Waals surface area contributed by atoms with E-state index in [1.165, 1.54) is 31.4 Å². The van der Waals surface area contributed by atoms with Gasteiger partial charge in [0.05, 0.1) is 7.11 Å². The molecule has 0 amide bonds. The lowest BCUT2D eigenvalue weighted by Crippen LogP contribution is -2.08. The second kappa shape index (κ2) is 5.52. The fourth-order valence-electron chi connectivity index (χ4n) is 1.13. The van der Waals surface area contributed by atoms with Crippen LogP contribution in [0.2, 0.25) is 0 Å². The SMILES string of the molecule is COc1cc(/C=C/C(=O)O)ccc1OS(=O)(=O)[O-]. The third kappa shape index (κ3) is 4.44. The molecule has 0 atom stereocenters. The monoisotopic (exact) mass is 273 g/mol. The third-order valence-electron chi connectivity index (χ3n) is 1.80. The predicted molar refractivity (Wildman–Crippen MR) is 60.0 cm³/mol. The van der Waals surface area contributed by atoms with E-state index in [-0.39, 0.29) is 11.5 Å². The van der Waals surface area contributed by atoms with Gasteiger partial charge >= 0.3 is 5.97 Å². The molecule has 0 heterocycles. The van der Waals surface area contributed by atoms with Crippen molar-refractivity contribution in [3.8, 4) is 11.5 Å². The average molecular weight is 273 g/mol. The molecule has 18 heavy (non-hydrogen) atoms. The zero-order valence-electron chi connectivity index (χ0n) is 9.19. The van der Waals surface area contributed by atoms with E-state index in [0.29, 0.717) is 5.56 Å². The Balaban J connectivity index is 3.07. The van der Waals surface area contributed by atoms with Gasteiger partial charge in [0.1, 0.15) is 0 Å². The Morgan fingerprint density at radius 2 is 2.06 bits per heavy atom. The van der Waals surface area contributed by atoms with Crippen molar-refractivity contribution in [2.75, 3.05) is 7.11 Å². The van der Waals surface area contributed by atoms with E-state index in [9.17, 15) is 17.8 Å². The molecular weight excluding hydrogens is 264 g/mol. The van der Waals surface area contributed by atoms with Crippen LogP contribution in [0.25, 0.3) is 6.08 Å². The first kappa shape index (κ1) is 14.0. The molecule has 1 aromatic rings. The summed E-state index contributed by atoms with van der Waals surface area (Å²) in [5.41, 5.74) is 0.449.